The van der Waals surface area contributed by atoms with Crippen LogP contribution in [0.5, 0.6) is 5.75 Å². The van der Waals surface area contributed by atoms with Crippen molar-refractivity contribution in [1.29, 1.82) is 0 Å². The zero-order valence-corrected chi connectivity index (χ0v) is 12.3. The van der Waals surface area contributed by atoms with E-state index in [0.29, 0.717) is 22.4 Å². The summed E-state index contributed by atoms with van der Waals surface area (Å²) in [6.07, 6.45) is 0. The van der Waals surface area contributed by atoms with Gasteiger partial charge in [0.05, 0.1) is 18.1 Å². The highest BCUT2D eigenvalue weighted by atomic mass is 35.5. The van der Waals surface area contributed by atoms with E-state index in [1.54, 1.807) is 38.1 Å². The third-order valence-corrected chi connectivity index (χ3v) is 3.71. The maximum Gasteiger partial charge on any atom is 0.131 e. The fourth-order valence-electron chi connectivity index (χ4n) is 2.23. The van der Waals surface area contributed by atoms with E-state index in [0.717, 1.165) is 0 Å². The monoisotopic (exact) mass is 296 g/mol. The molecule has 4 heteroatoms. The third kappa shape index (κ3) is 2.63. The molecular weight excluding hydrogens is 282 g/mol. The second-order valence-corrected chi connectivity index (χ2v) is 5.12. The molecule has 0 aliphatic carbocycles. The molecule has 0 radical (unpaired) electrons. The van der Waals surface area contributed by atoms with E-state index in [-0.39, 0.29) is 11.4 Å². The number of halogens is 3. The Morgan fingerprint density at radius 2 is 1.70 bits per heavy atom. The molecule has 2 rings (SSSR count). The Balaban J connectivity index is 2.54. The first-order chi connectivity index (χ1) is 9.45. The molecule has 2 aromatic rings. The van der Waals surface area contributed by atoms with Gasteiger partial charge in [-0.3, -0.25) is 0 Å². The summed E-state index contributed by atoms with van der Waals surface area (Å²) in [5.41, 5.74) is 1.88. The van der Waals surface area contributed by atoms with Gasteiger partial charge in [0.1, 0.15) is 17.4 Å². The summed E-state index contributed by atoms with van der Waals surface area (Å²) in [7, 11) is 1.46. The quantitative estimate of drug-likeness (QED) is 0.731. The van der Waals surface area contributed by atoms with Crippen molar-refractivity contribution in [2.75, 3.05) is 7.11 Å². The Kier molecular flexibility index (Phi) is 4.29. The van der Waals surface area contributed by atoms with Gasteiger partial charge < -0.3 is 4.74 Å². The highest BCUT2D eigenvalue weighted by molar-refractivity contribution is 6.22. The Bertz CT molecular complexity index is 617. The van der Waals surface area contributed by atoms with Gasteiger partial charge in [-0.25, -0.2) is 8.78 Å². The smallest absolute Gasteiger partial charge is 0.131 e. The zero-order chi connectivity index (χ0) is 14.9. The predicted molar refractivity (Wildman–Crippen MR) is 76.5 cm³/mol. The summed E-state index contributed by atoms with van der Waals surface area (Å²) in [6, 6.07) is 7.80. The largest absolute Gasteiger partial charge is 0.496 e. The number of rotatable bonds is 3. The van der Waals surface area contributed by atoms with Crippen LogP contribution in [0.15, 0.2) is 30.3 Å². The van der Waals surface area contributed by atoms with Gasteiger partial charge in [0, 0.05) is 0 Å². The summed E-state index contributed by atoms with van der Waals surface area (Å²) in [5, 5.41) is -0.732. The molecule has 106 valence electrons. The van der Waals surface area contributed by atoms with Gasteiger partial charge in [-0.05, 0) is 42.7 Å². The minimum atomic E-state index is -0.732. The van der Waals surface area contributed by atoms with Crippen LogP contribution < -0.4 is 4.74 Å². The van der Waals surface area contributed by atoms with E-state index in [2.05, 4.69) is 0 Å². The lowest BCUT2D eigenvalue weighted by molar-refractivity contribution is 0.405. The highest BCUT2D eigenvalue weighted by Gasteiger charge is 2.21. The van der Waals surface area contributed by atoms with Crippen LogP contribution in [0.4, 0.5) is 8.78 Å². The first-order valence-corrected chi connectivity index (χ1v) is 6.62. The normalized spacial score (nSPS) is 12.3. The van der Waals surface area contributed by atoms with Gasteiger partial charge in [-0.1, -0.05) is 18.2 Å². The lowest BCUT2D eigenvalue weighted by atomic mass is 9.98. The van der Waals surface area contributed by atoms with Crippen molar-refractivity contribution in [3.8, 4) is 5.75 Å². The Morgan fingerprint density at radius 1 is 1.10 bits per heavy atom. The second kappa shape index (κ2) is 5.80. The maximum atomic E-state index is 14.0. The molecule has 0 bridgehead atoms. The third-order valence-electron chi connectivity index (χ3n) is 3.24. The van der Waals surface area contributed by atoms with Crippen LogP contribution in [0.25, 0.3) is 0 Å². The molecule has 0 fully saturated rings. The van der Waals surface area contributed by atoms with E-state index in [9.17, 15) is 8.78 Å². The molecule has 0 spiro atoms. The number of ether oxygens (including phenoxy) is 1. The Hall–Kier alpha value is -1.61. The van der Waals surface area contributed by atoms with Crippen LogP contribution in [0.1, 0.15) is 27.6 Å². The fraction of sp³-hybridized carbons (Fsp3) is 0.250. The number of hydrogen-bond donors (Lipinski definition) is 0. The summed E-state index contributed by atoms with van der Waals surface area (Å²) < 4.78 is 32.8. The van der Waals surface area contributed by atoms with Gasteiger partial charge in [0.15, 0.2) is 0 Å². The average molecular weight is 297 g/mol. The van der Waals surface area contributed by atoms with E-state index in [1.807, 2.05) is 0 Å². The second-order valence-electron chi connectivity index (χ2n) is 4.69. The van der Waals surface area contributed by atoms with E-state index < -0.39 is 11.2 Å². The van der Waals surface area contributed by atoms with Crippen molar-refractivity contribution < 1.29 is 13.5 Å². The van der Waals surface area contributed by atoms with Crippen LogP contribution >= 0.6 is 11.6 Å². The van der Waals surface area contributed by atoms with Crippen molar-refractivity contribution in [2.45, 2.75) is 19.2 Å². The fourth-order valence-corrected chi connectivity index (χ4v) is 2.57. The Labute approximate surface area is 122 Å². The lowest BCUT2D eigenvalue weighted by Crippen LogP contribution is -2.02. The highest BCUT2D eigenvalue weighted by Crippen LogP contribution is 2.37. The summed E-state index contributed by atoms with van der Waals surface area (Å²) in [5.74, 6) is -0.327. The van der Waals surface area contributed by atoms with Crippen LogP contribution in [0, 0.1) is 25.5 Å². The van der Waals surface area contributed by atoms with Crippen LogP contribution in [-0.2, 0) is 0 Å². The minimum Gasteiger partial charge on any atom is -0.496 e. The zero-order valence-electron chi connectivity index (χ0n) is 11.5. The topological polar surface area (TPSA) is 9.23 Å². The number of methoxy groups -OCH3 is 1. The summed E-state index contributed by atoms with van der Waals surface area (Å²) >= 11 is 6.37. The first kappa shape index (κ1) is 14.8. The number of aryl methyl sites for hydroxylation is 2. The van der Waals surface area contributed by atoms with Crippen LogP contribution in [0.3, 0.4) is 0 Å². The van der Waals surface area contributed by atoms with E-state index in [1.165, 1.54) is 13.2 Å². The van der Waals surface area contributed by atoms with Crippen LogP contribution in [0.2, 0.25) is 0 Å². The molecule has 20 heavy (non-hydrogen) atoms. The summed E-state index contributed by atoms with van der Waals surface area (Å²) in [6.45, 7) is 3.32. The van der Waals surface area contributed by atoms with Gasteiger partial charge in [0.2, 0.25) is 0 Å². The minimum absolute atomic E-state index is 0.266. The van der Waals surface area contributed by atoms with Crippen LogP contribution in [-0.4, -0.2) is 7.11 Å². The molecule has 0 N–H and O–H groups in total. The van der Waals surface area contributed by atoms with Crippen molar-refractivity contribution in [1.82, 2.24) is 0 Å². The van der Waals surface area contributed by atoms with E-state index in [4.69, 9.17) is 16.3 Å². The van der Waals surface area contributed by atoms with Crippen molar-refractivity contribution in [3.63, 3.8) is 0 Å². The molecule has 2 aromatic carbocycles. The molecule has 1 unspecified atom stereocenters. The number of benzene rings is 2. The molecule has 0 saturated heterocycles. The van der Waals surface area contributed by atoms with Gasteiger partial charge in [-0.2, -0.15) is 0 Å². The molecule has 1 atom stereocenters. The van der Waals surface area contributed by atoms with E-state index >= 15 is 0 Å². The summed E-state index contributed by atoms with van der Waals surface area (Å²) in [4.78, 5) is 0. The standard InChI is InChI=1S/C16H15ClF2O/c1-9-7-11(8-10(2)16(9)19)15(17)14-12(18)5-4-6-13(14)20-3/h4-8,15H,1-3H3. The molecule has 0 aliphatic heterocycles. The first-order valence-electron chi connectivity index (χ1n) is 6.18. The molecular formula is C16H15ClF2O. The molecule has 0 heterocycles. The number of hydrogen-bond acceptors (Lipinski definition) is 1. The molecule has 0 aliphatic rings. The SMILES string of the molecule is COc1cccc(F)c1C(Cl)c1cc(C)c(F)c(C)c1. The maximum absolute atomic E-state index is 14.0. The average Bonchev–Trinajstić information content (AvgIpc) is 2.43. The lowest BCUT2D eigenvalue weighted by Gasteiger charge is -2.16. The number of alkyl halides is 1. The molecule has 1 nitrogen and oxygen atoms in total. The Morgan fingerprint density at radius 3 is 2.25 bits per heavy atom. The molecule has 0 saturated carbocycles. The molecule has 0 amide bonds. The van der Waals surface area contributed by atoms with Gasteiger partial charge >= 0.3 is 0 Å². The van der Waals surface area contributed by atoms with Gasteiger partial charge in [0.25, 0.3) is 0 Å². The molecule has 0 aromatic heterocycles. The van der Waals surface area contributed by atoms with Gasteiger partial charge in [-0.15, -0.1) is 11.6 Å². The predicted octanol–water partition coefficient (Wildman–Crippen LogP) is 4.92. The van der Waals surface area contributed by atoms with Crippen molar-refractivity contribution in [2.24, 2.45) is 0 Å². The van der Waals surface area contributed by atoms with Crippen molar-refractivity contribution >= 4 is 11.6 Å². The van der Waals surface area contributed by atoms with Crippen molar-refractivity contribution in [3.05, 3.63) is 64.2 Å².